The second-order valence-corrected chi connectivity index (χ2v) is 7.39. The van der Waals surface area contributed by atoms with E-state index in [-0.39, 0.29) is 12.8 Å². The predicted octanol–water partition coefficient (Wildman–Crippen LogP) is 1.62. The number of carbonyl (C=O) groups excluding carboxylic acids is 3. The molecule has 0 aromatic carbocycles. The van der Waals surface area contributed by atoms with Gasteiger partial charge in [-0.3, -0.25) is 4.79 Å². The van der Waals surface area contributed by atoms with E-state index in [0.29, 0.717) is 0 Å². The van der Waals surface area contributed by atoms with Crippen molar-refractivity contribution in [3.63, 3.8) is 0 Å². The van der Waals surface area contributed by atoms with Gasteiger partial charge in [-0.1, -0.05) is 0 Å². The number of nitrogens with zero attached hydrogens (tertiary/aromatic N) is 1. The lowest BCUT2D eigenvalue weighted by atomic mass is 9.99. The van der Waals surface area contributed by atoms with Gasteiger partial charge < -0.3 is 14.6 Å². The lowest BCUT2D eigenvalue weighted by molar-refractivity contribution is -0.168. The zero-order valence-electron chi connectivity index (χ0n) is 14.0. The zero-order valence-corrected chi connectivity index (χ0v) is 14.0. The Bertz CT molecular complexity index is 460. The minimum Gasteiger partial charge on any atom is -0.458 e. The summed E-state index contributed by atoms with van der Waals surface area (Å²) in [4.78, 5) is 37.3. The number of ether oxygens (including phenoxy) is 2. The highest BCUT2D eigenvalue weighted by atomic mass is 16.6. The molecule has 1 heterocycles. The molecular weight excluding hydrogens is 290 g/mol. The van der Waals surface area contributed by atoms with Crippen LogP contribution in [0.5, 0.6) is 0 Å². The standard InChI is InChI=1S/C15H25NO6/c1-14(2,3)21-12(19)10-7-9(17)8-11(18)16(10)13(20)22-15(4,5)6/h9-10,17H,7-8H2,1-6H3/t9-,10-/m0/s1. The lowest BCUT2D eigenvalue weighted by Crippen LogP contribution is -2.56. The van der Waals surface area contributed by atoms with Crippen LogP contribution in [0.2, 0.25) is 0 Å². The Morgan fingerprint density at radius 2 is 1.59 bits per heavy atom. The average Bonchev–Trinajstić information content (AvgIpc) is 2.22. The van der Waals surface area contributed by atoms with Crippen LogP contribution in [0.3, 0.4) is 0 Å². The van der Waals surface area contributed by atoms with Crippen molar-refractivity contribution < 1.29 is 29.0 Å². The van der Waals surface area contributed by atoms with E-state index in [2.05, 4.69) is 0 Å². The molecule has 0 aliphatic carbocycles. The van der Waals surface area contributed by atoms with Gasteiger partial charge in [0.05, 0.1) is 12.5 Å². The van der Waals surface area contributed by atoms with Gasteiger partial charge in [0.1, 0.15) is 17.2 Å². The smallest absolute Gasteiger partial charge is 0.417 e. The van der Waals surface area contributed by atoms with E-state index in [1.807, 2.05) is 0 Å². The maximum atomic E-state index is 12.3. The second-order valence-electron chi connectivity index (χ2n) is 7.39. The number of likely N-dealkylation sites (tertiary alicyclic amines) is 1. The summed E-state index contributed by atoms with van der Waals surface area (Å²) in [6.45, 7) is 10.0. The van der Waals surface area contributed by atoms with Gasteiger partial charge in [0.15, 0.2) is 0 Å². The van der Waals surface area contributed by atoms with Crippen LogP contribution in [-0.4, -0.2) is 51.3 Å². The van der Waals surface area contributed by atoms with Gasteiger partial charge >= 0.3 is 12.1 Å². The Balaban J connectivity index is 3.00. The Morgan fingerprint density at radius 3 is 2.05 bits per heavy atom. The molecule has 1 fully saturated rings. The van der Waals surface area contributed by atoms with Crippen molar-refractivity contribution in [3.8, 4) is 0 Å². The number of carbonyl (C=O) groups is 3. The van der Waals surface area contributed by atoms with Crippen LogP contribution in [0, 0.1) is 0 Å². The molecule has 1 N–H and O–H groups in total. The number of hydrogen-bond donors (Lipinski definition) is 1. The van der Waals surface area contributed by atoms with E-state index >= 15 is 0 Å². The minimum absolute atomic E-state index is 0.0557. The topological polar surface area (TPSA) is 93.1 Å². The molecule has 7 nitrogen and oxygen atoms in total. The molecule has 126 valence electrons. The molecular formula is C15H25NO6. The first-order valence-electron chi connectivity index (χ1n) is 7.26. The fraction of sp³-hybridized carbons (Fsp3) is 0.800. The van der Waals surface area contributed by atoms with Crippen molar-refractivity contribution in [3.05, 3.63) is 0 Å². The quantitative estimate of drug-likeness (QED) is 0.739. The number of amides is 2. The van der Waals surface area contributed by atoms with Crippen molar-refractivity contribution in [2.45, 2.75) is 77.7 Å². The van der Waals surface area contributed by atoms with Crippen LogP contribution in [0.15, 0.2) is 0 Å². The molecule has 0 bridgehead atoms. The summed E-state index contributed by atoms with van der Waals surface area (Å²) < 4.78 is 10.4. The molecule has 0 saturated carbocycles. The predicted molar refractivity (Wildman–Crippen MR) is 78.0 cm³/mol. The van der Waals surface area contributed by atoms with Crippen molar-refractivity contribution in [2.24, 2.45) is 0 Å². The molecule has 0 radical (unpaired) electrons. The third-order valence-electron chi connectivity index (χ3n) is 2.75. The number of rotatable bonds is 1. The van der Waals surface area contributed by atoms with E-state index in [0.717, 1.165) is 4.90 Å². The van der Waals surface area contributed by atoms with E-state index < -0.39 is 41.3 Å². The van der Waals surface area contributed by atoms with Gasteiger partial charge in [-0.2, -0.15) is 0 Å². The molecule has 1 saturated heterocycles. The molecule has 7 heteroatoms. The summed E-state index contributed by atoms with van der Waals surface area (Å²) in [5.74, 6) is -1.38. The Labute approximate surface area is 130 Å². The van der Waals surface area contributed by atoms with Gasteiger partial charge in [-0.15, -0.1) is 0 Å². The number of aliphatic hydroxyl groups is 1. The fourth-order valence-electron chi connectivity index (χ4n) is 2.03. The highest BCUT2D eigenvalue weighted by Crippen LogP contribution is 2.24. The minimum atomic E-state index is -1.18. The molecule has 2 amide bonds. The maximum absolute atomic E-state index is 12.3. The molecule has 1 aliphatic heterocycles. The third kappa shape index (κ3) is 5.29. The summed E-state index contributed by atoms with van der Waals surface area (Å²) in [5, 5.41) is 9.72. The second kappa shape index (κ2) is 6.24. The van der Waals surface area contributed by atoms with E-state index in [4.69, 9.17) is 9.47 Å². The highest BCUT2D eigenvalue weighted by Gasteiger charge is 2.44. The summed E-state index contributed by atoms with van der Waals surface area (Å²) in [6, 6.07) is -1.18. The maximum Gasteiger partial charge on any atom is 0.417 e. The molecule has 1 aliphatic rings. The summed E-state index contributed by atoms with van der Waals surface area (Å²) >= 11 is 0. The van der Waals surface area contributed by atoms with Gasteiger partial charge in [0, 0.05) is 6.42 Å². The molecule has 0 aromatic heterocycles. The van der Waals surface area contributed by atoms with E-state index in [1.54, 1.807) is 41.5 Å². The zero-order chi connectivity index (χ0) is 17.3. The normalized spacial score (nSPS) is 23.2. The number of esters is 1. The highest BCUT2D eigenvalue weighted by molar-refractivity contribution is 5.98. The Morgan fingerprint density at radius 1 is 1.09 bits per heavy atom. The number of aliphatic hydroxyl groups excluding tert-OH is 1. The number of piperidine rings is 1. The van der Waals surface area contributed by atoms with Crippen LogP contribution in [-0.2, 0) is 19.1 Å². The summed E-state index contributed by atoms with van der Waals surface area (Å²) in [5.41, 5.74) is -1.56. The summed E-state index contributed by atoms with van der Waals surface area (Å²) in [6.07, 6.45) is -2.16. The third-order valence-corrected chi connectivity index (χ3v) is 2.75. The van der Waals surface area contributed by atoms with Gasteiger partial charge in [-0.25, -0.2) is 14.5 Å². The SMILES string of the molecule is CC(C)(C)OC(=O)[C@@H]1C[C@H](O)CC(=O)N1C(=O)OC(C)(C)C. The Kier molecular flexibility index (Phi) is 5.22. The van der Waals surface area contributed by atoms with E-state index in [9.17, 15) is 19.5 Å². The van der Waals surface area contributed by atoms with Crippen LogP contribution in [0.25, 0.3) is 0 Å². The van der Waals surface area contributed by atoms with Crippen LogP contribution < -0.4 is 0 Å². The average molecular weight is 315 g/mol. The Hall–Kier alpha value is -1.63. The van der Waals surface area contributed by atoms with Gasteiger partial charge in [0.2, 0.25) is 5.91 Å². The molecule has 0 unspecified atom stereocenters. The lowest BCUT2D eigenvalue weighted by Gasteiger charge is -2.36. The fourth-order valence-corrected chi connectivity index (χ4v) is 2.03. The van der Waals surface area contributed by atoms with Crippen LogP contribution >= 0.6 is 0 Å². The van der Waals surface area contributed by atoms with Crippen molar-refractivity contribution in [2.75, 3.05) is 0 Å². The molecule has 22 heavy (non-hydrogen) atoms. The molecule has 1 rings (SSSR count). The number of hydrogen-bond acceptors (Lipinski definition) is 6. The summed E-state index contributed by atoms with van der Waals surface area (Å²) in [7, 11) is 0. The molecule has 2 atom stereocenters. The van der Waals surface area contributed by atoms with Crippen molar-refractivity contribution >= 4 is 18.0 Å². The molecule has 0 spiro atoms. The van der Waals surface area contributed by atoms with Gasteiger partial charge in [0.25, 0.3) is 0 Å². The van der Waals surface area contributed by atoms with E-state index in [1.165, 1.54) is 0 Å². The number of imide groups is 1. The first-order chi connectivity index (χ1) is 9.80. The van der Waals surface area contributed by atoms with Gasteiger partial charge in [-0.05, 0) is 41.5 Å². The van der Waals surface area contributed by atoms with Crippen LogP contribution in [0.4, 0.5) is 4.79 Å². The van der Waals surface area contributed by atoms with Crippen LogP contribution in [0.1, 0.15) is 54.4 Å². The van der Waals surface area contributed by atoms with Crippen molar-refractivity contribution in [1.29, 1.82) is 0 Å². The monoisotopic (exact) mass is 315 g/mol. The first-order valence-corrected chi connectivity index (χ1v) is 7.26. The largest absolute Gasteiger partial charge is 0.458 e. The van der Waals surface area contributed by atoms with Crippen molar-refractivity contribution in [1.82, 2.24) is 4.90 Å². The molecule has 0 aromatic rings. The first kappa shape index (κ1) is 18.4.